The van der Waals surface area contributed by atoms with E-state index in [0.717, 1.165) is 5.69 Å². The summed E-state index contributed by atoms with van der Waals surface area (Å²) < 4.78 is 53.1. The van der Waals surface area contributed by atoms with Crippen LogP contribution in [-0.2, 0) is 20.0 Å². The van der Waals surface area contributed by atoms with Crippen LogP contribution in [0.2, 0.25) is 0 Å². The van der Waals surface area contributed by atoms with Crippen molar-refractivity contribution in [3.8, 4) is 0 Å². The first kappa shape index (κ1) is 13.3. The van der Waals surface area contributed by atoms with E-state index in [-0.39, 0.29) is 16.4 Å². The Balaban J connectivity index is 2.17. The van der Waals surface area contributed by atoms with Gasteiger partial charge in [-0.05, 0) is 24.3 Å². The Kier molecular flexibility index (Phi) is 3.35. The molecule has 1 saturated heterocycles. The summed E-state index contributed by atoms with van der Waals surface area (Å²) in [6.07, 6.45) is 0. The minimum atomic E-state index is -4.18. The Hall–Kier alpha value is -1.12. The molecule has 2 rings (SSSR count). The Morgan fingerprint density at radius 2 is 1.56 bits per heavy atom. The molecule has 0 atom stereocenters. The molecule has 1 aliphatic heterocycles. The lowest BCUT2D eigenvalue weighted by atomic mass is 10.3. The van der Waals surface area contributed by atoms with Crippen LogP contribution in [0.3, 0.4) is 0 Å². The highest BCUT2D eigenvalue weighted by atomic mass is 32.2. The van der Waals surface area contributed by atoms with E-state index < -0.39 is 20.0 Å². The average molecular weight is 291 g/mol. The fraction of sp³-hybridized carbons (Fsp3) is 0.400. The van der Waals surface area contributed by atoms with Gasteiger partial charge >= 0.3 is 0 Å². The molecular weight excluding hydrogens is 278 g/mol. The molecule has 0 aliphatic carbocycles. The van der Waals surface area contributed by atoms with Crippen molar-refractivity contribution < 1.29 is 21.4 Å². The van der Waals surface area contributed by atoms with Crippen LogP contribution in [-0.4, -0.2) is 46.0 Å². The van der Waals surface area contributed by atoms with Crippen molar-refractivity contribution in [3.05, 3.63) is 24.3 Å². The van der Waals surface area contributed by atoms with Gasteiger partial charge in [0, 0.05) is 18.8 Å². The minimum Gasteiger partial charge on any atom is -0.369 e. The van der Waals surface area contributed by atoms with Crippen LogP contribution >= 0.6 is 0 Å². The van der Waals surface area contributed by atoms with Gasteiger partial charge in [0.2, 0.25) is 0 Å². The molecule has 1 aromatic carbocycles. The molecule has 8 heteroatoms. The Labute approximate surface area is 106 Å². The third-order valence-electron chi connectivity index (χ3n) is 2.84. The second-order valence-electron chi connectivity index (χ2n) is 4.11. The number of rotatable bonds is 2. The summed E-state index contributed by atoms with van der Waals surface area (Å²) in [6, 6.07) is 5.71. The standard InChI is InChI=1S/C10H13NO5S2/c12-17(13)7-5-11(6-8-17)9-1-3-10(4-2-9)18(14,15)16/h1-4H,5-8H2,(H,14,15,16). The van der Waals surface area contributed by atoms with Crippen molar-refractivity contribution in [2.24, 2.45) is 0 Å². The Morgan fingerprint density at radius 3 is 2.00 bits per heavy atom. The summed E-state index contributed by atoms with van der Waals surface area (Å²) in [6.45, 7) is 0.793. The van der Waals surface area contributed by atoms with Crippen LogP contribution in [0.4, 0.5) is 5.69 Å². The maximum atomic E-state index is 11.3. The van der Waals surface area contributed by atoms with Crippen molar-refractivity contribution in [1.29, 1.82) is 0 Å². The molecule has 0 bridgehead atoms. The highest BCUT2D eigenvalue weighted by Gasteiger charge is 2.22. The first-order chi connectivity index (χ1) is 8.28. The third-order valence-corrected chi connectivity index (χ3v) is 5.32. The van der Waals surface area contributed by atoms with Gasteiger partial charge in [0.1, 0.15) is 0 Å². The van der Waals surface area contributed by atoms with E-state index in [2.05, 4.69) is 0 Å². The smallest absolute Gasteiger partial charge is 0.294 e. The number of nitrogens with zero attached hydrogens (tertiary/aromatic N) is 1. The van der Waals surface area contributed by atoms with E-state index in [4.69, 9.17) is 4.55 Å². The first-order valence-corrected chi connectivity index (χ1v) is 8.57. The molecular formula is C10H13NO5S2. The summed E-state index contributed by atoms with van der Waals surface area (Å²) in [5.74, 6) is 0.208. The van der Waals surface area contributed by atoms with E-state index in [0.29, 0.717) is 13.1 Å². The molecule has 0 amide bonds. The Morgan fingerprint density at radius 1 is 1.06 bits per heavy atom. The molecule has 1 aromatic rings. The monoisotopic (exact) mass is 291 g/mol. The molecule has 0 radical (unpaired) electrons. The van der Waals surface area contributed by atoms with Gasteiger partial charge < -0.3 is 4.90 Å². The zero-order valence-corrected chi connectivity index (χ0v) is 11.1. The number of benzene rings is 1. The van der Waals surface area contributed by atoms with Gasteiger partial charge in [-0.15, -0.1) is 0 Å². The van der Waals surface area contributed by atoms with Crippen LogP contribution in [0.15, 0.2) is 29.2 Å². The Bertz CT molecular complexity index is 619. The van der Waals surface area contributed by atoms with E-state index in [1.807, 2.05) is 4.90 Å². The van der Waals surface area contributed by atoms with Crippen LogP contribution in [0.25, 0.3) is 0 Å². The van der Waals surface area contributed by atoms with Crippen molar-refractivity contribution in [2.45, 2.75) is 4.90 Å². The highest BCUT2D eigenvalue weighted by Crippen LogP contribution is 2.19. The van der Waals surface area contributed by atoms with Gasteiger partial charge in [-0.2, -0.15) is 8.42 Å². The summed E-state index contributed by atoms with van der Waals surface area (Å²) in [5.41, 5.74) is 0.748. The van der Waals surface area contributed by atoms with Crippen LogP contribution < -0.4 is 4.90 Å². The highest BCUT2D eigenvalue weighted by molar-refractivity contribution is 7.91. The number of anilines is 1. The molecule has 1 aliphatic rings. The van der Waals surface area contributed by atoms with Crippen molar-refractivity contribution in [1.82, 2.24) is 0 Å². The van der Waals surface area contributed by atoms with Crippen molar-refractivity contribution in [3.63, 3.8) is 0 Å². The molecule has 1 heterocycles. The average Bonchev–Trinajstić information content (AvgIpc) is 2.28. The first-order valence-electron chi connectivity index (χ1n) is 5.31. The van der Waals surface area contributed by atoms with E-state index >= 15 is 0 Å². The summed E-state index contributed by atoms with van der Waals surface area (Å²) in [4.78, 5) is 1.70. The normalized spacial score (nSPS) is 19.7. The van der Waals surface area contributed by atoms with Gasteiger partial charge in [0.25, 0.3) is 10.1 Å². The molecule has 0 aromatic heterocycles. The summed E-state index contributed by atoms with van der Waals surface area (Å²) in [5, 5.41) is 0. The fourth-order valence-corrected chi connectivity index (χ4v) is 3.48. The minimum absolute atomic E-state index is 0.104. The lowest BCUT2D eigenvalue weighted by Gasteiger charge is -2.28. The SMILES string of the molecule is O=S1(=O)CCN(c2ccc(S(=O)(=O)O)cc2)CC1. The van der Waals surface area contributed by atoms with Crippen LogP contribution in [0, 0.1) is 0 Å². The van der Waals surface area contributed by atoms with E-state index in [1.165, 1.54) is 12.1 Å². The zero-order chi connectivity index (χ0) is 13.4. The third kappa shape index (κ3) is 3.01. The van der Waals surface area contributed by atoms with Gasteiger partial charge in [-0.3, -0.25) is 4.55 Å². The lowest BCUT2D eigenvalue weighted by molar-refractivity contribution is 0.483. The van der Waals surface area contributed by atoms with Crippen LogP contribution in [0.5, 0.6) is 0 Å². The number of hydrogen-bond acceptors (Lipinski definition) is 5. The fourth-order valence-electron chi connectivity index (χ4n) is 1.80. The predicted molar refractivity (Wildman–Crippen MR) is 67.1 cm³/mol. The summed E-state index contributed by atoms with van der Waals surface area (Å²) in [7, 11) is -7.12. The number of hydrogen-bond donors (Lipinski definition) is 1. The van der Waals surface area contributed by atoms with Gasteiger partial charge in [-0.1, -0.05) is 0 Å². The summed E-state index contributed by atoms with van der Waals surface area (Å²) >= 11 is 0. The van der Waals surface area contributed by atoms with Gasteiger partial charge in [-0.25, -0.2) is 8.42 Å². The topological polar surface area (TPSA) is 91.8 Å². The van der Waals surface area contributed by atoms with E-state index in [9.17, 15) is 16.8 Å². The molecule has 100 valence electrons. The quantitative estimate of drug-likeness (QED) is 0.781. The molecule has 18 heavy (non-hydrogen) atoms. The largest absolute Gasteiger partial charge is 0.369 e. The zero-order valence-electron chi connectivity index (χ0n) is 9.48. The molecule has 0 unspecified atom stereocenters. The lowest BCUT2D eigenvalue weighted by Crippen LogP contribution is -2.40. The van der Waals surface area contributed by atoms with Crippen molar-refractivity contribution in [2.75, 3.05) is 29.5 Å². The predicted octanol–water partition coefficient (Wildman–Crippen LogP) is 0.168. The second-order valence-corrected chi connectivity index (χ2v) is 7.83. The maximum Gasteiger partial charge on any atom is 0.294 e. The maximum absolute atomic E-state index is 11.3. The second kappa shape index (κ2) is 4.52. The molecule has 0 spiro atoms. The molecule has 0 saturated carbocycles. The van der Waals surface area contributed by atoms with E-state index in [1.54, 1.807) is 12.1 Å². The van der Waals surface area contributed by atoms with Crippen molar-refractivity contribution >= 4 is 25.6 Å². The molecule has 1 N–H and O–H groups in total. The van der Waals surface area contributed by atoms with Crippen LogP contribution in [0.1, 0.15) is 0 Å². The molecule has 6 nitrogen and oxygen atoms in total. The molecule has 1 fully saturated rings. The van der Waals surface area contributed by atoms with Gasteiger partial charge in [0.05, 0.1) is 16.4 Å². The number of sulfone groups is 1. The van der Waals surface area contributed by atoms with Gasteiger partial charge in [0.15, 0.2) is 9.84 Å².